The quantitative estimate of drug-likeness (QED) is 0.762. The Labute approximate surface area is 105 Å². The molecule has 0 fully saturated rings. The molecule has 2 heterocycles. The summed E-state index contributed by atoms with van der Waals surface area (Å²) in [6, 6.07) is 9.93. The summed E-state index contributed by atoms with van der Waals surface area (Å²) in [4.78, 5) is 0. The first kappa shape index (κ1) is 11.1. The van der Waals surface area contributed by atoms with E-state index in [1.807, 2.05) is 24.3 Å². The maximum Gasteiger partial charge on any atom is 0.134 e. The second-order valence-corrected chi connectivity index (χ2v) is 4.63. The Morgan fingerprint density at radius 3 is 2.89 bits per heavy atom. The summed E-state index contributed by atoms with van der Waals surface area (Å²) in [7, 11) is 0. The van der Waals surface area contributed by atoms with Crippen LogP contribution in [0.2, 0.25) is 0 Å². The Morgan fingerprint density at radius 1 is 1.22 bits per heavy atom. The van der Waals surface area contributed by atoms with Crippen LogP contribution in [0.5, 0.6) is 0 Å². The van der Waals surface area contributed by atoms with E-state index < -0.39 is 0 Å². The summed E-state index contributed by atoms with van der Waals surface area (Å²) in [5.41, 5.74) is 9.34. The van der Waals surface area contributed by atoms with Crippen molar-refractivity contribution >= 4 is 11.0 Å². The van der Waals surface area contributed by atoms with Crippen LogP contribution in [0.25, 0.3) is 11.0 Å². The molecule has 0 saturated heterocycles. The molecule has 0 saturated carbocycles. The van der Waals surface area contributed by atoms with E-state index in [1.54, 1.807) is 12.5 Å². The van der Waals surface area contributed by atoms with Crippen molar-refractivity contribution in [2.75, 3.05) is 0 Å². The van der Waals surface area contributed by atoms with Gasteiger partial charge in [-0.1, -0.05) is 11.6 Å². The number of furan rings is 2. The van der Waals surface area contributed by atoms with E-state index in [0.29, 0.717) is 0 Å². The number of benzene rings is 1. The third-order valence-corrected chi connectivity index (χ3v) is 3.09. The van der Waals surface area contributed by atoms with Gasteiger partial charge in [0.2, 0.25) is 0 Å². The minimum Gasteiger partial charge on any atom is -0.472 e. The van der Waals surface area contributed by atoms with Crippen molar-refractivity contribution in [3.05, 3.63) is 59.7 Å². The molecule has 2 N–H and O–H groups in total. The molecule has 3 aromatic rings. The van der Waals surface area contributed by atoms with Crippen molar-refractivity contribution in [2.24, 2.45) is 5.73 Å². The molecule has 0 bridgehead atoms. The first-order chi connectivity index (χ1) is 8.72. The monoisotopic (exact) mass is 241 g/mol. The molecule has 0 spiro atoms. The number of rotatable bonds is 3. The minimum atomic E-state index is -0.143. The molecule has 3 nitrogen and oxygen atoms in total. The molecule has 3 rings (SSSR count). The van der Waals surface area contributed by atoms with E-state index in [0.717, 1.165) is 28.7 Å². The molecule has 0 aliphatic rings. The van der Waals surface area contributed by atoms with Gasteiger partial charge in [0.05, 0.1) is 18.6 Å². The lowest BCUT2D eigenvalue weighted by Gasteiger charge is -2.05. The van der Waals surface area contributed by atoms with Gasteiger partial charge in [-0.25, -0.2) is 0 Å². The fraction of sp³-hybridized carbons (Fsp3) is 0.200. The smallest absolute Gasteiger partial charge is 0.134 e. The molecular formula is C15H15NO2. The molecule has 1 atom stereocenters. The highest BCUT2D eigenvalue weighted by molar-refractivity contribution is 5.78. The van der Waals surface area contributed by atoms with Gasteiger partial charge in [-0.15, -0.1) is 0 Å². The first-order valence-electron chi connectivity index (χ1n) is 5.99. The Kier molecular flexibility index (Phi) is 2.68. The zero-order valence-electron chi connectivity index (χ0n) is 10.2. The van der Waals surface area contributed by atoms with Gasteiger partial charge < -0.3 is 14.6 Å². The second kappa shape index (κ2) is 4.35. The lowest BCUT2D eigenvalue weighted by atomic mass is 10.1. The van der Waals surface area contributed by atoms with Crippen LogP contribution in [0.4, 0.5) is 0 Å². The van der Waals surface area contributed by atoms with Crippen LogP contribution in [-0.4, -0.2) is 0 Å². The van der Waals surface area contributed by atoms with Crippen molar-refractivity contribution < 1.29 is 8.83 Å². The molecule has 18 heavy (non-hydrogen) atoms. The molecular weight excluding hydrogens is 226 g/mol. The fourth-order valence-corrected chi connectivity index (χ4v) is 2.13. The van der Waals surface area contributed by atoms with Crippen molar-refractivity contribution in [1.82, 2.24) is 0 Å². The number of fused-ring (bicyclic) bond motifs is 1. The van der Waals surface area contributed by atoms with Gasteiger partial charge in [0.1, 0.15) is 11.3 Å². The Morgan fingerprint density at radius 2 is 2.11 bits per heavy atom. The third kappa shape index (κ3) is 2.05. The highest BCUT2D eigenvalue weighted by Gasteiger charge is 2.13. The van der Waals surface area contributed by atoms with Crippen LogP contribution in [0.15, 0.2) is 51.7 Å². The van der Waals surface area contributed by atoms with Crippen LogP contribution >= 0.6 is 0 Å². The van der Waals surface area contributed by atoms with Crippen LogP contribution in [0, 0.1) is 6.92 Å². The van der Waals surface area contributed by atoms with Gasteiger partial charge in [0.15, 0.2) is 0 Å². The summed E-state index contributed by atoms with van der Waals surface area (Å²) in [5, 5.41) is 1.10. The summed E-state index contributed by atoms with van der Waals surface area (Å²) in [6.45, 7) is 2.07. The summed E-state index contributed by atoms with van der Waals surface area (Å²) < 4.78 is 10.8. The first-order valence-corrected chi connectivity index (χ1v) is 5.99. The van der Waals surface area contributed by atoms with Gasteiger partial charge in [-0.3, -0.25) is 0 Å². The van der Waals surface area contributed by atoms with Crippen LogP contribution in [-0.2, 0) is 6.42 Å². The molecule has 92 valence electrons. The van der Waals surface area contributed by atoms with Gasteiger partial charge >= 0.3 is 0 Å². The lowest BCUT2D eigenvalue weighted by molar-refractivity contribution is 0.491. The Bertz CT molecular complexity index is 652. The number of nitrogens with two attached hydrogens (primary N) is 1. The predicted octanol–water partition coefficient (Wildman–Crippen LogP) is 3.58. The normalized spacial score (nSPS) is 13.0. The lowest BCUT2D eigenvalue weighted by Crippen LogP contribution is -2.11. The Balaban J connectivity index is 1.89. The molecule has 2 aromatic heterocycles. The zero-order valence-corrected chi connectivity index (χ0v) is 10.2. The molecule has 1 aromatic carbocycles. The Hall–Kier alpha value is -2.00. The van der Waals surface area contributed by atoms with E-state index in [1.165, 1.54) is 5.56 Å². The summed E-state index contributed by atoms with van der Waals surface area (Å²) >= 11 is 0. The van der Waals surface area contributed by atoms with Crippen molar-refractivity contribution in [2.45, 2.75) is 19.4 Å². The van der Waals surface area contributed by atoms with Gasteiger partial charge in [-0.2, -0.15) is 0 Å². The third-order valence-electron chi connectivity index (χ3n) is 3.09. The van der Waals surface area contributed by atoms with Gasteiger partial charge in [0, 0.05) is 5.39 Å². The van der Waals surface area contributed by atoms with Crippen molar-refractivity contribution in [3.8, 4) is 0 Å². The standard InChI is InChI=1S/C15H15NO2/c1-10-2-3-14-12(6-10)8-15(18-14)13(16)7-11-4-5-17-9-11/h2-6,8-9,13H,7,16H2,1H3. The highest BCUT2D eigenvalue weighted by atomic mass is 16.3. The summed E-state index contributed by atoms with van der Waals surface area (Å²) in [6.07, 6.45) is 4.09. The van der Waals surface area contributed by atoms with E-state index in [4.69, 9.17) is 14.6 Å². The van der Waals surface area contributed by atoms with Crippen LogP contribution in [0.3, 0.4) is 0 Å². The van der Waals surface area contributed by atoms with Crippen LogP contribution in [0.1, 0.15) is 22.9 Å². The van der Waals surface area contributed by atoms with E-state index in [-0.39, 0.29) is 6.04 Å². The van der Waals surface area contributed by atoms with Crippen molar-refractivity contribution in [3.63, 3.8) is 0 Å². The van der Waals surface area contributed by atoms with E-state index in [9.17, 15) is 0 Å². The summed E-state index contributed by atoms with van der Waals surface area (Å²) in [5.74, 6) is 0.816. The van der Waals surface area contributed by atoms with E-state index >= 15 is 0 Å². The number of aryl methyl sites for hydroxylation is 1. The van der Waals surface area contributed by atoms with Crippen molar-refractivity contribution in [1.29, 1.82) is 0 Å². The van der Waals surface area contributed by atoms with Gasteiger partial charge in [-0.05, 0) is 43.2 Å². The topological polar surface area (TPSA) is 52.3 Å². The highest BCUT2D eigenvalue weighted by Crippen LogP contribution is 2.25. The minimum absolute atomic E-state index is 0.143. The zero-order chi connectivity index (χ0) is 12.5. The molecule has 0 aliphatic heterocycles. The molecule has 0 amide bonds. The molecule has 3 heteroatoms. The maximum absolute atomic E-state index is 6.15. The number of hydrogen-bond acceptors (Lipinski definition) is 3. The molecule has 1 unspecified atom stereocenters. The van der Waals surface area contributed by atoms with Crippen LogP contribution < -0.4 is 5.73 Å². The number of hydrogen-bond donors (Lipinski definition) is 1. The maximum atomic E-state index is 6.15. The SMILES string of the molecule is Cc1ccc2oc(C(N)Cc3ccoc3)cc2c1. The molecule has 0 radical (unpaired) electrons. The van der Waals surface area contributed by atoms with Gasteiger partial charge in [0.25, 0.3) is 0 Å². The van der Waals surface area contributed by atoms with E-state index in [2.05, 4.69) is 13.0 Å². The predicted molar refractivity (Wildman–Crippen MR) is 70.3 cm³/mol. The fourth-order valence-electron chi connectivity index (χ4n) is 2.13. The second-order valence-electron chi connectivity index (χ2n) is 4.63. The molecule has 0 aliphatic carbocycles. The average molecular weight is 241 g/mol. The largest absolute Gasteiger partial charge is 0.472 e. The average Bonchev–Trinajstić information content (AvgIpc) is 2.96.